The lowest BCUT2D eigenvalue weighted by atomic mass is 10.0. The van der Waals surface area contributed by atoms with E-state index in [1.807, 2.05) is 0 Å². The summed E-state index contributed by atoms with van der Waals surface area (Å²) in [5, 5.41) is 1.83. The molecule has 3 aromatic rings. The van der Waals surface area contributed by atoms with Crippen molar-refractivity contribution < 1.29 is 9.53 Å². The quantitative estimate of drug-likeness (QED) is 0.272. The number of ether oxygens (including phenoxy) is 1. The van der Waals surface area contributed by atoms with Crippen LogP contribution >= 0.6 is 69.6 Å². The van der Waals surface area contributed by atoms with Gasteiger partial charge in [0.2, 0.25) is 0 Å². The molecule has 0 N–H and O–H groups in total. The van der Waals surface area contributed by atoms with Gasteiger partial charge in [0.15, 0.2) is 5.69 Å². The monoisotopic (exact) mass is 493 g/mol. The topological polar surface area (TPSA) is 39.2 Å². The van der Waals surface area contributed by atoms with E-state index in [-0.39, 0.29) is 10.7 Å². The minimum atomic E-state index is -0.657. The molecule has 0 aliphatic heterocycles. The van der Waals surface area contributed by atoms with E-state index in [2.05, 4.69) is 4.98 Å². The molecule has 0 radical (unpaired) electrons. The number of carbonyl (C=O) groups is 1. The van der Waals surface area contributed by atoms with Crippen LogP contribution in [0.4, 0.5) is 0 Å². The number of methoxy groups -OCH3 is 1. The minimum Gasteiger partial charge on any atom is -0.464 e. The fourth-order valence-electron chi connectivity index (χ4n) is 2.53. The van der Waals surface area contributed by atoms with Gasteiger partial charge < -0.3 is 4.74 Å². The molecule has 9 heteroatoms. The van der Waals surface area contributed by atoms with Crippen LogP contribution in [0.5, 0.6) is 0 Å². The number of nitrogens with zero attached hydrogens (tertiary/aromatic N) is 1. The summed E-state index contributed by atoms with van der Waals surface area (Å²) in [5.74, 6) is -0.657. The molecule has 0 atom stereocenters. The van der Waals surface area contributed by atoms with Gasteiger partial charge in [-0.15, -0.1) is 0 Å². The maximum Gasteiger partial charge on any atom is 0.357 e. The fraction of sp³-hybridized carbons (Fsp3) is 0.0526. The normalized spacial score (nSPS) is 10.8. The highest BCUT2D eigenvalue weighted by Crippen LogP contribution is 2.39. The van der Waals surface area contributed by atoms with Crippen LogP contribution in [0, 0.1) is 0 Å². The Morgan fingerprint density at radius 1 is 0.714 bits per heavy atom. The van der Waals surface area contributed by atoms with Crippen molar-refractivity contribution in [2.75, 3.05) is 7.11 Å². The average molecular weight is 496 g/mol. The SMILES string of the molecule is COC(=O)c1nc(-c2cc(Cl)c(Cl)cc2Cl)ccc1-c1cc(Cl)c(Cl)cc1Cl. The van der Waals surface area contributed by atoms with Crippen LogP contribution in [0.1, 0.15) is 10.5 Å². The van der Waals surface area contributed by atoms with Gasteiger partial charge in [-0.3, -0.25) is 0 Å². The van der Waals surface area contributed by atoms with Crippen LogP contribution in [0.2, 0.25) is 30.1 Å². The fourth-order valence-corrected chi connectivity index (χ4v) is 3.82. The third-order valence-corrected chi connectivity index (χ3v) is 5.93. The van der Waals surface area contributed by atoms with E-state index in [9.17, 15) is 4.79 Å². The van der Waals surface area contributed by atoms with Crippen LogP contribution < -0.4 is 0 Å². The molecule has 3 nitrogen and oxygen atoms in total. The Morgan fingerprint density at radius 3 is 1.79 bits per heavy atom. The lowest BCUT2D eigenvalue weighted by Crippen LogP contribution is -2.08. The molecule has 0 bridgehead atoms. The molecule has 0 unspecified atom stereocenters. The number of esters is 1. The molecule has 0 saturated carbocycles. The van der Waals surface area contributed by atoms with Gasteiger partial charge in [0.05, 0.1) is 42.9 Å². The maximum atomic E-state index is 12.4. The molecule has 144 valence electrons. The second-order valence-corrected chi connectivity index (χ2v) is 8.02. The van der Waals surface area contributed by atoms with E-state index in [0.717, 1.165) is 0 Å². The Kier molecular flexibility index (Phi) is 6.65. The van der Waals surface area contributed by atoms with Crippen molar-refractivity contribution in [3.05, 3.63) is 72.2 Å². The largest absolute Gasteiger partial charge is 0.464 e. The van der Waals surface area contributed by atoms with Crippen molar-refractivity contribution in [1.29, 1.82) is 0 Å². The van der Waals surface area contributed by atoms with E-state index < -0.39 is 5.97 Å². The molecule has 2 aromatic carbocycles. The summed E-state index contributed by atoms with van der Waals surface area (Å²) >= 11 is 36.7. The number of pyridine rings is 1. The standard InChI is InChI=1S/C19H9Cl6NO2/c1-28-19(27)18-8(9-4-13(22)15(24)6-11(9)20)2-3-17(26-18)10-5-14(23)16(25)7-12(10)21/h2-7H,1H3. The molecule has 1 heterocycles. The second kappa shape index (κ2) is 8.66. The van der Waals surface area contributed by atoms with E-state index in [1.165, 1.54) is 19.2 Å². The van der Waals surface area contributed by atoms with Gasteiger partial charge in [-0.25, -0.2) is 9.78 Å². The zero-order valence-electron chi connectivity index (χ0n) is 14.0. The average Bonchev–Trinajstić information content (AvgIpc) is 2.66. The predicted octanol–water partition coefficient (Wildman–Crippen LogP) is 8.12. The van der Waals surface area contributed by atoms with Gasteiger partial charge in [-0.05, 0) is 36.4 Å². The molecular formula is C19H9Cl6NO2. The molecule has 0 saturated heterocycles. The van der Waals surface area contributed by atoms with Crippen molar-refractivity contribution in [1.82, 2.24) is 4.98 Å². The number of aromatic nitrogens is 1. The highest BCUT2D eigenvalue weighted by Gasteiger charge is 2.21. The van der Waals surface area contributed by atoms with E-state index >= 15 is 0 Å². The summed E-state index contributed by atoms with van der Waals surface area (Å²) in [6.07, 6.45) is 0. The van der Waals surface area contributed by atoms with Gasteiger partial charge in [-0.2, -0.15) is 0 Å². The van der Waals surface area contributed by atoms with Gasteiger partial charge in [0, 0.05) is 16.7 Å². The Morgan fingerprint density at radius 2 is 1.21 bits per heavy atom. The van der Waals surface area contributed by atoms with Gasteiger partial charge in [0.1, 0.15) is 0 Å². The van der Waals surface area contributed by atoms with Gasteiger partial charge in [0.25, 0.3) is 0 Å². The van der Waals surface area contributed by atoms with Crippen molar-refractivity contribution >= 4 is 75.6 Å². The zero-order valence-corrected chi connectivity index (χ0v) is 18.5. The number of hydrogen-bond acceptors (Lipinski definition) is 3. The summed E-state index contributed by atoms with van der Waals surface area (Å²) in [7, 11) is 1.25. The van der Waals surface area contributed by atoms with Gasteiger partial charge in [-0.1, -0.05) is 69.6 Å². The Labute approximate surface area is 191 Å². The number of carbonyl (C=O) groups excluding carboxylic acids is 1. The molecule has 0 aliphatic rings. The molecule has 0 amide bonds. The van der Waals surface area contributed by atoms with Crippen molar-refractivity contribution in [2.45, 2.75) is 0 Å². The highest BCUT2D eigenvalue weighted by molar-refractivity contribution is 6.44. The molecule has 0 fully saturated rings. The van der Waals surface area contributed by atoms with Crippen LogP contribution in [-0.2, 0) is 4.74 Å². The molecule has 28 heavy (non-hydrogen) atoms. The minimum absolute atomic E-state index is 0.0300. The highest BCUT2D eigenvalue weighted by atomic mass is 35.5. The molecule has 0 spiro atoms. The third kappa shape index (κ3) is 4.20. The molecule has 0 aliphatic carbocycles. The first-order chi connectivity index (χ1) is 13.2. The summed E-state index contributed by atoms with van der Waals surface area (Å²) in [6.45, 7) is 0. The predicted molar refractivity (Wildman–Crippen MR) is 117 cm³/mol. The molecule has 1 aromatic heterocycles. The number of rotatable bonds is 3. The Balaban J connectivity index is 2.24. The van der Waals surface area contributed by atoms with E-state index in [4.69, 9.17) is 74.3 Å². The van der Waals surface area contributed by atoms with E-state index in [0.29, 0.717) is 47.5 Å². The summed E-state index contributed by atoms with van der Waals surface area (Å²) < 4.78 is 4.87. The molecule has 3 rings (SSSR count). The Bertz CT molecular complexity index is 1100. The van der Waals surface area contributed by atoms with Gasteiger partial charge >= 0.3 is 5.97 Å². The maximum absolute atomic E-state index is 12.4. The first-order valence-electron chi connectivity index (χ1n) is 7.62. The second-order valence-electron chi connectivity index (χ2n) is 5.58. The van der Waals surface area contributed by atoms with E-state index in [1.54, 1.807) is 24.3 Å². The Hall–Kier alpha value is -1.20. The van der Waals surface area contributed by atoms with Crippen LogP contribution in [0.15, 0.2) is 36.4 Å². The lowest BCUT2D eigenvalue weighted by Gasteiger charge is -2.13. The van der Waals surface area contributed by atoms with Crippen LogP contribution in [0.3, 0.4) is 0 Å². The van der Waals surface area contributed by atoms with Crippen molar-refractivity contribution in [3.63, 3.8) is 0 Å². The number of hydrogen-bond donors (Lipinski definition) is 0. The van der Waals surface area contributed by atoms with Crippen LogP contribution in [0.25, 0.3) is 22.4 Å². The zero-order chi connectivity index (χ0) is 20.6. The summed E-state index contributed by atoms with van der Waals surface area (Å²) in [4.78, 5) is 16.8. The summed E-state index contributed by atoms with van der Waals surface area (Å²) in [5.41, 5.74) is 1.85. The first-order valence-corrected chi connectivity index (χ1v) is 9.89. The lowest BCUT2D eigenvalue weighted by molar-refractivity contribution is 0.0595. The molecular weight excluding hydrogens is 487 g/mol. The summed E-state index contributed by atoms with van der Waals surface area (Å²) in [6, 6.07) is 9.46. The third-order valence-electron chi connectivity index (χ3n) is 3.86. The van der Waals surface area contributed by atoms with Crippen LogP contribution in [-0.4, -0.2) is 18.1 Å². The number of benzene rings is 2. The smallest absolute Gasteiger partial charge is 0.357 e. The first kappa shape index (κ1) is 21.5. The van der Waals surface area contributed by atoms with Crippen molar-refractivity contribution in [2.24, 2.45) is 0 Å². The number of halogens is 6. The van der Waals surface area contributed by atoms with Crippen molar-refractivity contribution in [3.8, 4) is 22.4 Å².